The fourth-order valence-electron chi connectivity index (χ4n) is 1.57. The van der Waals surface area contributed by atoms with Crippen LogP contribution in [0.2, 0.25) is 0 Å². The van der Waals surface area contributed by atoms with Crippen molar-refractivity contribution in [2.45, 2.75) is 18.2 Å². The lowest BCUT2D eigenvalue weighted by molar-refractivity contribution is -0.136. The summed E-state index contributed by atoms with van der Waals surface area (Å²) in [7, 11) is 1.68. The van der Waals surface area contributed by atoms with Crippen molar-refractivity contribution in [3.63, 3.8) is 0 Å². The van der Waals surface area contributed by atoms with E-state index in [2.05, 4.69) is 12.2 Å². The van der Waals surface area contributed by atoms with Gasteiger partial charge in [0.25, 0.3) is 0 Å². The SMILES string of the molecule is COc1ccccc1SCC(C)CNCCC(=O)O. The molecular weight excluding hydrogens is 262 g/mol. The molecular formula is C14H21NO3S. The third kappa shape index (κ3) is 6.50. The molecule has 2 N–H and O–H groups in total. The number of hydrogen-bond donors (Lipinski definition) is 2. The summed E-state index contributed by atoms with van der Waals surface area (Å²) in [5.74, 6) is 1.59. The molecule has 1 atom stereocenters. The van der Waals surface area contributed by atoms with E-state index in [4.69, 9.17) is 9.84 Å². The van der Waals surface area contributed by atoms with Crippen LogP contribution in [0, 0.1) is 5.92 Å². The van der Waals surface area contributed by atoms with Crippen molar-refractivity contribution in [1.29, 1.82) is 0 Å². The van der Waals surface area contributed by atoms with Crippen molar-refractivity contribution in [2.24, 2.45) is 5.92 Å². The third-order valence-corrected chi connectivity index (χ3v) is 3.98. The minimum atomic E-state index is -0.761. The van der Waals surface area contributed by atoms with Crippen LogP contribution in [0.1, 0.15) is 13.3 Å². The van der Waals surface area contributed by atoms with Crippen LogP contribution in [0.15, 0.2) is 29.2 Å². The van der Waals surface area contributed by atoms with Gasteiger partial charge in [0, 0.05) is 17.2 Å². The highest BCUT2D eigenvalue weighted by atomic mass is 32.2. The Kier molecular flexibility index (Phi) is 7.36. The van der Waals surface area contributed by atoms with Gasteiger partial charge in [-0.2, -0.15) is 0 Å². The summed E-state index contributed by atoms with van der Waals surface area (Å²) < 4.78 is 5.30. The van der Waals surface area contributed by atoms with Crippen LogP contribution in [-0.2, 0) is 4.79 Å². The molecule has 4 nitrogen and oxygen atoms in total. The Bertz CT molecular complexity index is 398. The summed E-state index contributed by atoms with van der Waals surface area (Å²) in [6.45, 7) is 3.50. The number of hydrogen-bond acceptors (Lipinski definition) is 4. The van der Waals surface area contributed by atoms with Gasteiger partial charge in [-0.1, -0.05) is 19.1 Å². The monoisotopic (exact) mass is 283 g/mol. The minimum Gasteiger partial charge on any atom is -0.496 e. The highest BCUT2D eigenvalue weighted by Gasteiger charge is 2.06. The van der Waals surface area contributed by atoms with E-state index in [1.807, 2.05) is 24.3 Å². The van der Waals surface area contributed by atoms with Gasteiger partial charge < -0.3 is 15.2 Å². The highest BCUT2D eigenvalue weighted by Crippen LogP contribution is 2.29. The Morgan fingerprint density at radius 3 is 2.89 bits per heavy atom. The number of thioether (sulfide) groups is 1. The first-order chi connectivity index (χ1) is 9.13. The van der Waals surface area contributed by atoms with E-state index in [1.165, 1.54) is 0 Å². The average molecular weight is 283 g/mol. The van der Waals surface area contributed by atoms with Gasteiger partial charge in [-0.3, -0.25) is 4.79 Å². The van der Waals surface area contributed by atoms with Crippen LogP contribution in [0.5, 0.6) is 5.75 Å². The van der Waals surface area contributed by atoms with Gasteiger partial charge >= 0.3 is 5.97 Å². The molecule has 0 spiro atoms. The number of para-hydroxylation sites is 1. The van der Waals surface area contributed by atoms with E-state index < -0.39 is 5.97 Å². The van der Waals surface area contributed by atoms with Crippen LogP contribution in [-0.4, -0.2) is 37.0 Å². The van der Waals surface area contributed by atoms with E-state index in [0.717, 1.165) is 22.9 Å². The molecule has 106 valence electrons. The zero-order chi connectivity index (χ0) is 14.1. The summed E-state index contributed by atoms with van der Waals surface area (Å²) in [6, 6.07) is 7.96. The first-order valence-electron chi connectivity index (χ1n) is 6.31. The molecule has 0 saturated carbocycles. The number of ether oxygens (including phenoxy) is 1. The lowest BCUT2D eigenvalue weighted by Gasteiger charge is -2.13. The summed E-state index contributed by atoms with van der Waals surface area (Å²) in [5.41, 5.74) is 0. The van der Waals surface area contributed by atoms with E-state index in [0.29, 0.717) is 12.5 Å². The van der Waals surface area contributed by atoms with Crippen LogP contribution < -0.4 is 10.1 Å². The van der Waals surface area contributed by atoms with Gasteiger partial charge in [-0.15, -0.1) is 11.8 Å². The van der Waals surface area contributed by atoms with E-state index in [1.54, 1.807) is 18.9 Å². The number of aliphatic carboxylic acids is 1. The van der Waals surface area contributed by atoms with Crippen molar-refractivity contribution in [2.75, 3.05) is 26.0 Å². The second-order valence-corrected chi connectivity index (χ2v) is 5.48. The standard InChI is InChI=1S/C14H21NO3S/c1-11(9-15-8-7-14(16)17)10-19-13-6-4-3-5-12(13)18-2/h3-6,11,15H,7-10H2,1-2H3,(H,16,17). The van der Waals surface area contributed by atoms with Crippen molar-refractivity contribution in [3.8, 4) is 5.75 Å². The molecule has 1 rings (SSSR count). The highest BCUT2D eigenvalue weighted by molar-refractivity contribution is 7.99. The molecule has 0 radical (unpaired) electrons. The lowest BCUT2D eigenvalue weighted by atomic mass is 10.2. The number of benzene rings is 1. The van der Waals surface area contributed by atoms with Crippen LogP contribution in [0.4, 0.5) is 0 Å². The second kappa shape index (κ2) is 8.82. The molecule has 0 aromatic heterocycles. The first kappa shape index (κ1) is 15.9. The molecule has 0 saturated heterocycles. The summed E-state index contributed by atoms with van der Waals surface area (Å²) in [4.78, 5) is 11.5. The number of methoxy groups -OCH3 is 1. The molecule has 0 bridgehead atoms. The van der Waals surface area contributed by atoms with Crippen LogP contribution in [0.3, 0.4) is 0 Å². The van der Waals surface area contributed by atoms with Crippen LogP contribution >= 0.6 is 11.8 Å². The molecule has 0 aliphatic carbocycles. The van der Waals surface area contributed by atoms with Gasteiger partial charge in [-0.05, 0) is 24.6 Å². The molecule has 0 aliphatic heterocycles. The number of carboxylic acids is 1. The zero-order valence-electron chi connectivity index (χ0n) is 11.4. The average Bonchev–Trinajstić information content (AvgIpc) is 2.41. The second-order valence-electron chi connectivity index (χ2n) is 4.41. The van der Waals surface area contributed by atoms with Gasteiger partial charge in [0.15, 0.2) is 0 Å². The van der Waals surface area contributed by atoms with Gasteiger partial charge in [-0.25, -0.2) is 0 Å². The van der Waals surface area contributed by atoms with Gasteiger partial charge in [0.05, 0.1) is 13.5 Å². The minimum absolute atomic E-state index is 0.173. The van der Waals surface area contributed by atoms with Crippen LogP contribution in [0.25, 0.3) is 0 Å². The third-order valence-electron chi connectivity index (χ3n) is 2.60. The molecule has 1 unspecified atom stereocenters. The smallest absolute Gasteiger partial charge is 0.304 e. The van der Waals surface area contributed by atoms with Crippen molar-refractivity contribution in [1.82, 2.24) is 5.32 Å². The number of carboxylic acid groups (broad SMARTS) is 1. The first-order valence-corrected chi connectivity index (χ1v) is 7.30. The number of nitrogens with one attached hydrogen (secondary N) is 1. The molecule has 1 aromatic carbocycles. The molecule has 0 heterocycles. The molecule has 19 heavy (non-hydrogen) atoms. The fourth-order valence-corrected chi connectivity index (χ4v) is 2.62. The van der Waals surface area contributed by atoms with Crippen molar-refractivity contribution < 1.29 is 14.6 Å². The normalized spacial score (nSPS) is 12.1. The predicted octanol–water partition coefficient (Wildman–Crippen LogP) is 2.49. The summed E-state index contributed by atoms with van der Waals surface area (Å²) >= 11 is 1.76. The van der Waals surface area contributed by atoms with Crippen molar-refractivity contribution in [3.05, 3.63) is 24.3 Å². The quantitative estimate of drug-likeness (QED) is 0.538. The molecule has 5 heteroatoms. The van der Waals surface area contributed by atoms with E-state index in [9.17, 15) is 4.79 Å². The largest absolute Gasteiger partial charge is 0.496 e. The molecule has 1 aromatic rings. The molecule has 0 amide bonds. The topological polar surface area (TPSA) is 58.6 Å². The maximum atomic E-state index is 10.4. The van der Waals surface area contributed by atoms with E-state index >= 15 is 0 Å². The fraction of sp³-hybridized carbons (Fsp3) is 0.500. The Balaban J connectivity index is 2.26. The Morgan fingerprint density at radius 1 is 1.47 bits per heavy atom. The summed E-state index contributed by atoms with van der Waals surface area (Å²) in [5, 5.41) is 11.7. The van der Waals surface area contributed by atoms with Gasteiger partial charge in [0.2, 0.25) is 0 Å². The summed E-state index contributed by atoms with van der Waals surface area (Å²) in [6.07, 6.45) is 0.173. The molecule has 0 fully saturated rings. The Labute approximate surface area is 118 Å². The Morgan fingerprint density at radius 2 is 2.21 bits per heavy atom. The van der Waals surface area contributed by atoms with Gasteiger partial charge in [0.1, 0.15) is 5.75 Å². The molecule has 0 aliphatic rings. The number of rotatable bonds is 9. The van der Waals surface area contributed by atoms with Crippen molar-refractivity contribution >= 4 is 17.7 Å². The number of carbonyl (C=O) groups is 1. The maximum Gasteiger partial charge on any atom is 0.304 e. The van der Waals surface area contributed by atoms with E-state index in [-0.39, 0.29) is 6.42 Å². The maximum absolute atomic E-state index is 10.4. The predicted molar refractivity (Wildman–Crippen MR) is 78.0 cm³/mol. The Hall–Kier alpha value is -1.20. The zero-order valence-corrected chi connectivity index (χ0v) is 12.2. The lowest BCUT2D eigenvalue weighted by Crippen LogP contribution is -2.24.